The molecule has 106 valence electrons. The number of rotatable bonds is 6. The first-order valence-corrected chi connectivity index (χ1v) is 7.11. The van der Waals surface area contributed by atoms with E-state index in [1.807, 2.05) is 19.1 Å². The molecule has 4 nitrogen and oxygen atoms in total. The second kappa shape index (κ2) is 7.48. The number of nitrogens with one attached hydrogen (secondary N) is 1. The number of hydrogen-bond acceptors (Lipinski definition) is 4. The molecule has 0 aliphatic carbocycles. The van der Waals surface area contributed by atoms with Crippen LogP contribution >= 0.6 is 0 Å². The largest absolute Gasteiger partial charge is 0.494 e. The molecule has 0 spiro atoms. The average Bonchev–Trinajstić information content (AvgIpc) is 2.44. The van der Waals surface area contributed by atoms with E-state index in [1.165, 1.54) is 5.56 Å². The highest BCUT2D eigenvalue weighted by molar-refractivity contribution is 5.27. The molecular formula is C15H24N2O2. The number of hydrogen-bond donors (Lipinski definition) is 2. The van der Waals surface area contributed by atoms with E-state index < -0.39 is 0 Å². The lowest BCUT2D eigenvalue weighted by Gasteiger charge is -2.36. The maximum atomic E-state index is 9.13. The lowest BCUT2D eigenvalue weighted by atomic mass is 10.1. The van der Waals surface area contributed by atoms with E-state index in [4.69, 9.17) is 9.84 Å². The van der Waals surface area contributed by atoms with Gasteiger partial charge < -0.3 is 15.2 Å². The van der Waals surface area contributed by atoms with Crippen LogP contribution in [0.3, 0.4) is 0 Å². The smallest absolute Gasteiger partial charge is 0.119 e. The lowest BCUT2D eigenvalue weighted by molar-refractivity contribution is 0.123. The van der Waals surface area contributed by atoms with Gasteiger partial charge in [-0.15, -0.1) is 0 Å². The molecule has 0 amide bonds. The zero-order valence-corrected chi connectivity index (χ0v) is 11.6. The molecule has 1 aliphatic heterocycles. The fourth-order valence-electron chi connectivity index (χ4n) is 2.54. The van der Waals surface area contributed by atoms with E-state index in [1.54, 1.807) is 0 Å². The van der Waals surface area contributed by atoms with Crippen molar-refractivity contribution in [2.24, 2.45) is 0 Å². The first-order valence-electron chi connectivity index (χ1n) is 7.11. The van der Waals surface area contributed by atoms with Crippen molar-refractivity contribution in [1.82, 2.24) is 10.2 Å². The van der Waals surface area contributed by atoms with E-state index in [0.717, 1.165) is 38.3 Å². The van der Waals surface area contributed by atoms with Crippen LogP contribution in [-0.2, 0) is 6.54 Å². The van der Waals surface area contributed by atoms with E-state index >= 15 is 0 Å². The predicted molar refractivity (Wildman–Crippen MR) is 76.4 cm³/mol. The fraction of sp³-hybridized carbons (Fsp3) is 0.600. The van der Waals surface area contributed by atoms with Gasteiger partial charge in [0, 0.05) is 38.8 Å². The Bertz CT molecular complexity index is 365. The summed E-state index contributed by atoms with van der Waals surface area (Å²) >= 11 is 0. The maximum absolute atomic E-state index is 9.13. The van der Waals surface area contributed by atoms with Crippen LogP contribution in [0.5, 0.6) is 5.75 Å². The Morgan fingerprint density at radius 2 is 2.16 bits per heavy atom. The quantitative estimate of drug-likeness (QED) is 0.811. The van der Waals surface area contributed by atoms with Gasteiger partial charge >= 0.3 is 0 Å². The second-order valence-electron chi connectivity index (χ2n) is 4.92. The molecule has 1 aromatic rings. The molecule has 0 aromatic heterocycles. The van der Waals surface area contributed by atoms with Gasteiger partial charge in [0.25, 0.3) is 0 Å². The molecular weight excluding hydrogens is 240 g/mol. The minimum absolute atomic E-state index is 0.256. The summed E-state index contributed by atoms with van der Waals surface area (Å²) in [6.45, 7) is 6.93. The number of aliphatic hydroxyl groups excluding tert-OH is 1. The standard InChI is InChI=1S/C15H24N2O2/c1-2-19-15-5-3-13(4-6-15)12-17-9-8-16-11-14(17)7-10-18/h3-6,14,16,18H,2,7-12H2,1H3/t14-/m1/s1. The third kappa shape index (κ3) is 4.20. The molecule has 1 aliphatic rings. The van der Waals surface area contributed by atoms with Crippen molar-refractivity contribution < 1.29 is 9.84 Å². The highest BCUT2D eigenvalue weighted by Gasteiger charge is 2.21. The zero-order valence-electron chi connectivity index (χ0n) is 11.6. The summed E-state index contributed by atoms with van der Waals surface area (Å²) in [7, 11) is 0. The van der Waals surface area contributed by atoms with Gasteiger partial charge in [0.05, 0.1) is 6.61 Å². The topological polar surface area (TPSA) is 44.7 Å². The molecule has 0 saturated carbocycles. The maximum Gasteiger partial charge on any atom is 0.119 e. The Hall–Kier alpha value is -1.10. The highest BCUT2D eigenvalue weighted by Crippen LogP contribution is 2.16. The van der Waals surface area contributed by atoms with Crippen LogP contribution in [-0.4, -0.2) is 48.9 Å². The molecule has 1 heterocycles. The van der Waals surface area contributed by atoms with Crippen molar-refractivity contribution in [3.63, 3.8) is 0 Å². The van der Waals surface area contributed by atoms with Gasteiger partial charge in [-0.05, 0) is 31.0 Å². The molecule has 0 radical (unpaired) electrons. The van der Waals surface area contributed by atoms with Crippen molar-refractivity contribution in [3.05, 3.63) is 29.8 Å². The van der Waals surface area contributed by atoms with Crippen molar-refractivity contribution >= 4 is 0 Å². The SMILES string of the molecule is CCOc1ccc(CN2CCNC[C@H]2CCO)cc1. The molecule has 1 aromatic carbocycles. The van der Waals surface area contributed by atoms with Crippen LogP contribution in [0.2, 0.25) is 0 Å². The molecule has 1 fully saturated rings. The number of ether oxygens (including phenoxy) is 1. The number of aliphatic hydroxyl groups is 1. The van der Waals surface area contributed by atoms with Gasteiger partial charge in [-0.1, -0.05) is 12.1 Å². The van der Waals surface area contributed by atoms with Crippen molar-refractivity contribution in [2.75, 3.05) is 32.8 Å². The number of benzene rings is 1. The summed E-state index contributed by atoms with van der Waals surface area (Å²) in [5.74, 6) is 0.929. The number of nitrogens with zero attached hydrogens (tertiary/aromatic N) is 1. The fourth-order valence-corrected chi connectivity index (χ4v) is 2.54. The first-order chi connectivity index (χ1) is 9.33. The van der Waals surface area contributed by atoms with Gasteiger partial charge in [-0.2, -0.15) is 0 Å². The summed E-state index contributed by atoms with van der Waals surface area (Å²) in [4.78, 5) is 2.45. The first kappa shape index (κ1) is 14.3. The summed E-state index contributed by atoms with van der Waals surface area (Å²) in [6.07, 6.45) is 0.837. The summed E-state index contributed by atoms with van der Waals surface area (Å²) in [5.41, 5.74) is 1.30. The normalized spacial score (nSPS) is 20.4. The minimum Gasteiger partial charge on any atom is -0.494 e. The zero-order chi connectivity index (χ0) is 13.5. The third-order valence-electron chi connectivity index (χ3n) is 3.55. The van der Waals surface area contributed by atoms with Gasteiger partial charge in [0.1, 0.15) is 5.75 Å². The molecule has 1 atom stereocenters. The van der Waals surface area contributed by atoms with Crippen molar-refractivity contribution in [2.45, 2.75) is 25.9 Å². The Morgan fingerprint density at radius 3 is 2.84 bits per heavy atom. The Kier molecular flexibility index (Phi) is 5.63. The highest BCUT2D eigenvalue weighted by atomic mass is 16.5. The molecule has 4 heteroatoms. The van der Waals surface area contributed by atoms with Crippen LogP contribution in [0.15, 0.2) is 24.3 Å². The summed E-state index contributed by atoms with van der Waals surface area (Å²) < 4.78 is 5.45. The number of piperazine rings is 1. The Labute approximate surface area is 115 Å². The van der Waals surface area contributed by atoms with Crippen LogP contribution < -0.4 is 10.1 Å². The summed E-state index contributed by atoms with van der Waals surface area (Å²) in [6, 6.07) is 8.75. The molecule has 1 saturated heterocycles. The predicted octanol–water partition coefficient (Wildman–Crippen LogP) is 1.24. The van der Waals surface area contributed by atoms with E-state index in [2.05, 4.69) is 22.3 Å². The van der Waals surface area contributed by atoms with Crippen LogP contribution in [0, 0.1) is 0 Å². The van der Waals surface area contributed by atoms with E-state index in [0.29, 0.717) is 12.6 Å². The van der Waals surface area contributed by atoms with Crippen LogP contribution in [0.25, 0.3) is 0 Å². The van der Waals surface area contributed by atoms with Gasteiger partial charge in [0.15, 0.2) is 0 Å². The Morgan fingerprint density at radius 1 is 1.37 bits per heavy atom. The van der Waals surface area contributed by atoms with E-state index in [-0.39, 0.29) is 6.61 Å². The molecule has 2 rings (SSSR count). The lowest BCUT2D eigenvalue weighted by Crippen LogP contribution is -2.51. The van der Waals surface area contributed by atoms with E-state index in [9.17, 15) is 0 Å². The summed E-state index contributed by atoms with van der Waals surface area (Å²) in [5, 5.41) is 12.5. The van der Waals surface area contributed by atoms with Gasteiger partial charge in [-0.25, -0.2) is 0 Å². The monoisotopic (exact) mass is 264 g/mol. The average molecular weight is 264 g/mol. The van der Waals surface area contributed by atoms with Crippen LogP contribution in [0.4, 0.5) is 0 Å². The molecule has 0 bridgehead atoms. The van der Waals surface area contributed by atoms with Crippen molar-refractivity contribution in [3.8, 4) is 5.75 Å². The molecule has 0 unspecified atom stereocenters. The van der Waals surface area contributed by atoms with Crippen molar-refractivity contribution in [1.29, 1.82) is 0 Å². The second-order valence-corrected chi connectivity index (χ2v) is 4.92. The minimum atomic E-state index is 0.256. The van der Waals surface area contributed by atoms with Gasteiger partial charge in [-0.3, -0.25) is 4.90 Å². The molecule has 19 heavy (non-hydrogen) atoms. The third-order valence-corrected chi connectivity index (χ3v) is 3.55. The van der Waals surface area contributed by atoms with Crippen LogP contribution in [0.1, 0.15) is 18.9 Å². The Balaban J connectivity index is 1.94. The molecule has 2 N–H and O–H groups in total. The van der Waals surface area contributed by atoms with Gasteiger partial charge in [0.2, 0.25) is 0 Å².